The molecule has 0 saturated heterocycles. The van der Waals surface area contributed by atoms with Crippen LogP contribution < -0.4 is 0 Å². The minimum atomic E-state index is -2.17. The second-order valence-electron chi connectivity index (χ2n) is 0.693. The zero-order valence-corrected chi connectivity index (χ0v) is 3.84. The van der Waals surface area contributed by atoms with E-state index >= 15 is 0 Å². The molecule has 0 heterocycles. The van der Waals surface area contributed by atoms with E-state index in [1.54, 1.807) is 0 Å². The van der Waals surface area contributed by atoms with Gasteiger partial charge in [-0.05, 0) is 0 Å². The van der Waals surface area contributed by atoms with Crippen LogP contribution in [0.2, 0.25) is 0 Å². The van der Waals surface area contributed by atoms with Gasteiger partial charge in [0, 0.05) is 0 Å². The van der Waals surface area contributed by atoms with E-state index < -0.39 is 14.6 Å². The van der Waals surface area contributed by atoms with Crippen LogP contribution in [-0.4, -0.2) is 74.3 Å². The van der Waals surface area contributed by atoms with Crippen molar-refractivity contribution in [1.82, 2.24) is 0 Å². The Balaban J connectivity index is -0.0000000720. The summed E-state index contributed by atoms with van der Waals surface area (Å²) in [6.45, 7) is 0. The molecule has 0 unspecified atom stereocenters. The number of hydrogen-bond acceptors (Lipinski definition) is 6. The van der Waals surface area contributed by atoms with E-state index in [9.17, 15) is 0 Å². The fourth-order valence-electron chi connectivity index (χ4n) is 0. The van der Waals surface area contributed by atoms with Gasteiger partial charge in [-0.2, -0.15) is 0 Å². The number of hydrogen-bond donors (Lipinski definition) is 6. The average molecular weight is 148 g/mol. The van der Waals surface area contributed by atoms with Crippen molar-refractivity contribution in [1.29, 1.82) is 0 Å². The van der Waals surface area contributed by atoms with E-state index in [1.165, 1.54) is 0 Å². The Hall–Kier alpha value is 0.890. The molecular weight excluding hydrogens is 141 g/mol. The van der Waals surface area contributed by atoms with E-state index in [4.69, 9.17) is 30.1 Å². The van der Waals surface area contributed by atoms with Gasteiger partial charge in [-0.25, -0.2) is 0 Å². The first-order chi connectivity index (χ1) is 3.46. The molecule has 0 bridgehead atoms. The van der Waals surface area contributed by atoms with Crippen molar-refractivity contribution in [3.63, 3.8) is 0 Å². The summed E-state index contributed by atoms with van der Waals surface area (Å²) in [7, 11) is -4.33. The molecular formula is H7B2NaO6. The van der Waals surface area contributed by atoms with Crippen LogP contribution in [-0.2, 0) is 0 Å². The third-order valence-electron chi connectivity index (χ3n) is 0. The normalized spacial score (nSPS) is 6.00. The monoisotopic (exact) mass is 148 g/mol. The van der Waals surface area contributed by atoms with Gasteiger partial charge < -0.3 is 30.1 Å². The molecule has 9 heavy (non-hydrogen) atoms. The van der Waals surface area contributed by atoms with Crippen molar-refractivity contribution in [2.45, 2.75) is 0 Å². The van der Waals surface area contributed by atoms with Crippen molar-refractivity contribution in [3.8, 4) is 0 Å². The molecule has 0 aliphatic rings. The van der Waals surface area contributed by atoms with Gasteiger partial charge in [0.2, 0.25) is 0 Å². The predicted molar refractivity (Wildman–Crippen MR) is 32.0 cm³/mol. The van der Waals surface area contributed by atoms with Crippen LogP contribution in [0.5, 0.6) is 0 Å². The molecule has 50 valence electrons. The van der Waals surface area contributed by atoms with E-state index in [2.05, 4.69) is 0 Å². The SMILES string of the molecule is OB(O)O.OB(O)O.[NaH]. The van der Waals surface area contributed by atoms with Crippen molar-refractivity contribution >= 4 is 44.2 Å². The third kappa shape index (κ3) is 533. The van der Waals surface area contributed by atoms with E-state index in [-0.39, 0.29) is 29.6 Å². The summed E-state index contributed by atoms with van der Waals surface area (Å²) in [5.41, 5.74) is 0. The quantitative estimate of drug-likeness (QED) is 0.192. The molecule has 0 fully saturated rings. The van der Waals surface area contributed by atoms with Crippen LogP contribution in [0.4, 0.5) is 0 Å². The zero-order valence-electron chi connectivity index (χ0n) is 3.84. The molecule has 0 aliphatic heterocycles. The number of rotatable bonds is 0. The summed E-state index contributed by atoms with van der Waals surface area (Å²) in [5.74, 6) is 0. The van der Waals surface area contributed by atoms with Crippen molar-refractivity contribution < 1.29 is 30.1 Å². The molecule has 6 N–H and O–H groups in total. The maximum absolute atomic E-state index is 7.17. The molecule has 0 aliphatic carbocycles. The van der Waals surface area contributed by atoms with Crippen LogP contribution in [0, 0.1) is 0 Å². The second kappa shape index (κ2) is 11.7. The molecule has 0 saturated carbocycles. The standard InChI is InChI=1S/2BH3O3.Na.H/c2*2-1(3)4;;/h2*2-4H;;. The molecule has 9 heteroatoms. The Bertz CT molecular complexity index is 26.5. The topological polar surface area (TPSA) is 121 Å². The summed E-state index contributed by atoms with van der Waals surface area (Å²) in [4.78, 5) is 0. The first-order valence-corrected chi connectivity index (χ1v) is 1.55. The summed E-state index contributed by atoms with van der Waals surface area (Å²) in [6.07, 6.45) is 0. The zero-order chi connectivity index (χ0) is 7.15. The van der Waals surface area contributed by atoms with Crippen molar-refractivity contribution in [3.05, 3.63) is 0 Å². The van der Waals surface area contributed by atoms with Crippen LogP contribution in [0.15, 0.2) is 0 Å². The van der Waals surface area contributed by atoms with Crippen molar-refractivity contribution in [2.75, 3.05) is 0 Å². The van der Waals surface area contributed by atoms with Gasteiger partial charge in [-0.3, -0.25) is 0 Å². The second-order valence-corrected chi connectivity index (χ2v) is 0.693. The van der Waals surface area contributed by atoms with Crippen LogP contribution in [0.1, 0.15) is 0 Å². The molecule has 6 nitrogen and oxygen atoms in total. The Morgan fingerprint density at radius 1 is 0.556 bits per heavy atom. The third-order valence-corrected chi connectivity index (χ3v) is 0. The van der Waals surface area contributed by atoms with Crippen LogP contribution in [0.3, 0.4) is 0 Å². The minimum absolute atomic E-state index is 0. The Kier molecular flexibility index (Phi) is 21.3. The van der Waals surface area contributed by atoms with Crippen LogP contribution in [0.25, 0.3) is 0 Å². The van der Waals surface area contributed by atoms with Gasteiger partial charge in [0.15, 0.2) is 0 Å². The first kappa shape index (κ1) is 16.5. The summed E-state index contributed by atoms with van der Waals surface area (Å²) < 4.78 is 0. The molecule has 0 spiro atoms. The van der Waals surface area contributed by atoms with E-state index in [0.717, 1.165) is 0 Å². The molecule has 0 aromatic rings. The molecule has 0 radical (unpaired) electrons. The molecule has 0 aromatic carbocycles. The average Bonchev–Trinajstić information content (AvgIpc) is 1.25. The van der Waals surface area contributed by atoms with Gasteiger partial charge in [-0.15, -0.1) is 0 Å². The first-order valence-electron chi connectivity index (χ1n) is 1.55. The molecule has 0 atom stereocenters. The Labute approximate surface area is 74.4 Å². The Morgan fingerprint density at radius 3 is 0.556 bits per heavy atom. The van der Waals surface area contributed by atoms with E-state index in [1.807, 2.05) is 0 Å². The van der Waals surface area contributed by atoms with Gasteiger partial charge in [-0.1, -0.05) is 0 Å². The van der Waals surface area contributed by atoms with Crippen molar-refractivity contribution in [2.24, 2.45) is 0 Å². The molecule has 0 rings (SSSR count). The van der Waals surface area contributed by atoms with Gasteiger partial charge in [0.25, 0.3) is 0 Å². The van der Waals surface area contributed by atoms with E-state index in [0.29, 0.717) is 0 Å². The maximum atomic E-state index is 7.17. The fourth-order valence-corrected chi connectivity index (χ4v) is 0. The van der Waals surface area contributed by atoms with Gasteiger partial charge >= 0.3 is 44.2 Å². The summed E-state index contributed by atoms with van der Waals surface area (Å²) in [5, 5.41) is 43.0. The fraction of sp³-hybridized carbons (Fsp3) is 0. The molecule has 0 aromatic heterocycles. The van der Waals surface area contributed by atoms with Gasteiger partial charge in [0.05, 0.1) is 0 Å². The predicted octanol–water partition coefficient (Wildman–Crippen LogP) is -4.75. The molecule has 0 amide bonds. The van der Waals surface area contributed by atoms with Gasteiger partial charge in [0.1, 0.15) is 0 Å². The Morgan fingerprint density at radius 2 is 0.556 bits per heavy atom. The summed E-state index contributed by atoms with van der Waals surface area (Å²) in [6, 6.07) is 0. The van der Waals surface area contributed by atoms with Crippen LogP contribution >= 0.6 is 0 Å². The summed E-state index contributed by atoms with van der Waals surface area (Å²) >= 11 is 0.